The summed E-state index contributed by atoms with van der Waals surface area (Å²) >= 11 is 1.40. The highest BCUT2D eigenvalue weighted by molar-refractivity contribution is 7.98. The highest BCUT2D eigenvalue weighted by Crippen LogP contribution is 2.25. The van der Waals surface area contributed by atoms with Crippen LogP contribution in [0.4, 0.5) is 10.3 Å². The lowest BCUT2D eigenvalue weighted by molar-refractivity contribution is 0.579. The summed E-state index contributed by atoms with van der Waals surface area (Å²) in [6, 6.07) is 6.37. The van der Waals surface area contributed by atoms with Crippen molar-refractivity contribution in [3.63, 3.8) is 0 Å². The summed E-state index contributed by atoms with van der Waals surface area (Å²) in [5.74, 6) is 0.816. The first-order valence-electron chi connectivity index (χ1n) is 7.05. The van der Waals surface area contributed by atoms with Gasteiger partial charge in [-0.2, -0.15) is 0 Å². The quantitative estimate of drug-likeness (QED) is 0.636. The Hall–Kier alpha value is -1.62. The molecular formula is C16H20FN3S. The molecule has 0 atom stereocenters. The van der Waals surface area contributed by atoms with Crippen LogP contribution >= 0.6 is 11.8 Å². The second-order valence-electron chi connectivity index (χ2n) is 5.06. The molecule has 0 radical (unpaired) electrons. The van der Waals surface area contributed by atoms with Gasteiger partial charge in [0.05, 0.1) is 6.20 Å². The number of aryl methyl sites for hydroxylation is 2. The van der Waals surface area contributed by atoms with Crippen molar-refractivity contribution in [2.45, 2.75) is 38.0 Å². The summed E-state index contributed by atoms with van der Waals surface area (Å²) in [5, 5.41) is 3.47. The summed E-state index contributed by atoms with van der Waals surface area (Å²) < 4.78 is 13.8. The predicted octanol–water partition coefficient (Wildman–Crippen LogP) is 4.35. The Morgan fingerprint density at radius 2 is 1.90 bits per heavy atom. The Morgan fingerprint density at radius 1 is 1.19 bits per heavy atom. The maximum Gasteiger partial charge on any atom is 0.223 e. The topological polar surface area (TPSA) is 37.8 Å². The number of hydrogen-bond acceptors (Lipinski definition) is 4. The molecule has 0 fully saturated rings. The van der Waals surface area contributed by atoms with Gasteiger partial charge in [0.1, 0.15) is 5.03 Å². The number of rotatable bonds is 6. The van der Waals surface area contributed by atoms with Crippen LogP contribution in [0.1, 0.15) is 30.0 Å². The lowest BCUT2D eigenvalue weighted by Crippen LogP contribution is -2.05. The number of halogens is 1. The lowest BCUT2D eigenvalue weighted by atomic mass is 10.1. The molecular weight excluding hydrogens is 285 g/mol. The molecule has 0 saturated heterocycles. The van der Waals surface area contributed by atoms with E-state index in [1.54, 1.807) is 0 Å². The zero-order valence-corrected chi connectivity index (χ0v) is 13.4. The van der Waals surface area contributed by atoms with E-state index in [0.717, 1.165) is 13.0 Å². The number of aromatic nitrogens is 2. The predicted molar refractivity (Wildman–Crippen MR) is 86.2 cm³/mol. The van der Waals surface area contributed by atoms with Crippen LogP contribution in [0.2, 0.25) is 0 Å². The average molecular weight is 305 g/mol. The zero-order chi connectivity index (χ0) is 15.2. The van der Waals surface area contributed by atoms with Crippen molar-refractivity contribution in [1.29, 1.82) is 0 Å². The minimum Gasteiger partial charge on any atom is -0.354 e. The third kappa shape index (κ3) is 4.70. The molecule has 1 N–H and O–H groups in total. The molecule has 0 amide bonds. The highest BCUT2D eigenvalue weighted by Gasteiger charge is 2.08. The molecule has 0 spiro atoms. The van der Waals surface area contributed by atoms with E-state index < -0.39 is 0 Å². The fraction of sp³-hybridized carbons (Fsp3) is 0.375. The molecule has 0 aliphatic heterocycles. The molecule has 0 aliphatic rings. The first-order valence-corrected chi connectivity index (χ1v) is 8.03. The van der Waals surface area contributed by atoms with Crippen molar-refractivity contribution in [1.82, 2.24) is 9.97 Å². The fourth-order valence-corrected chi connectivity index (χ4v) is 2.89. The van der Waals surface area contributed by atoms with E-state index in [1.807, 2.05) is 0 Å². The van der Waals surface area contributed by atoms with Crippen LogP contribution in [-0.4, -0.2) is 16.5 Å². The van der Waals surface area contributed by atoms with Crippen LogP contribution in [0.25, 0.3) is 0 Å². The van der Waals surface area contributed by atoms with Gasteiger partial charge >= 0.3 is 0 Å². The second kappa shape index (κ2) is 7.41. The minimum atomic E-state index is -0.369. The Kier molecular flexibility index (Phi) is 5.56. The van der Waals surface area contributed by atoms with E-state index >= 15 is 0 Å². The van der Waals surface area contributed by atoms with Crippen LogP contribution in [0, 0.1) is 19.7 Å². The van der Waals surface area contributed by atoms with Crippen LogP contribution in [-0.2, 0) is 5.75 Å². The summed E-state index contributed by atoms with van der Waals surface area (Å²) in [4.78, 5) is 8.18. The summed E-state index contributed by atoms with van der Waals surface area (Å²) in [6.07, 6.45) is 2.21. The van der Waals surface area contributed by atoms with Crippen LogP contribution in [0.3, 0.4) is 0 Å². The first kappa shape index (κ1) is 15.8. The third-order valence-corrected chi connectivity index (χ3v) is 3.94. The van der Waals surface area contributed by atoms with Crippen LogP contribution in [0.15, 0.2) is 29.4 Å². The van der Waals surface area contributed by atoms with Gasteiger partial charge in [0, 0.05) is 12.3 Å². The highest BCUT2D eigenvalue weighted by atomic mass is 32.2. The van der Waals surface area contributed by atoms with Crippen LogP contribution in [0.5, 0.6) is 0 Å². The number of hydrogen-bond donors (Lipinski definition) is 1. The smallest absolute Gasteiger partial charge is 0.223 e. The molecule has 5 heteroatoms. The maximum absolute atomic E-state index is 13.8. The SMILES string of the molecule is CCCNc1ncc(F)c(SCc2cc(C)cc(C)c2)n1. The molecule has 1 heterocycles. The normalized spacial score (nSPS) is 10.7. The van der Waals surface area contributed by atoms with Gasteiger partial charge in [-0.25, -0.2) is 14.4 Å². The lowest BCUT2D eigenvalue weighted by Gasteiger charge is -2.07. The number of anilines is 1. The summed E-state index contributed by atoms with van der Waals surface area (Å²) in [5.41, 5.74) is 3.62. The van der Waals surface area contributed by atoms with E-state index in [9.17, 15) is 4.39 Å². The Morgan fingerprint density at radius 3 is 2.57 bits per heavy atom. The Bertz CT molecular complexity index is 596. The van der Waals surface area contributed by atoms with E-state index in [2.05, 4.69) is 54.3 Å². The van der Waals surface area contributed by atoms with Gasteiger partial charge in [0.25, 0.3) is 0 Å². The molecule has 112 valence electrons. The Labute approximate surface area is 129 Å². The first-order chi connectivity index (χ1) is 10.1. The van der Waals surface area contributed by atoms with Crippen LogP contribution < -0.4 is 5.32 Å². The molecule has 0 saturated carbocycles. The van der Waals surface area contributed by atoms with Gasteiger partial charge in [-0.15, -0.1) is 0 Å². The van der Waals surface area contributed by atoms with Gasteiger partial charge in [-0.05, 0) is 25.8 Å². The van der Waals surface area contributed by atoms with Gasteiger partial charge in [-0.1, -0.05) is 48.0 Å². The van der Waals surface area contributed by atoms with Crippen molar-refractivity contribution in [2.24, 2.45) is 0 Å². The van der Waals surface area contributed by atoms with Crippen molar-refractivity contribution >= 4 is 17.7 Å². The summed E-state index contributed by atoms with van der Waals surface area (Å²) in [6.45, 7) is 6.98. The molecule has 0 aliphatic carbocycles. The molecule has 2 rings (SSSR count). The molecule has 1 aromatic carbocycles. The van der Waals surface area contributed by atoms with Crippen molar-refractivity contribution in [3.8, 4) is 0 Å². The van der Waals surface area contributed by atoms with E-state index in [1.165, 1.54) is 34.6 Å². The molecule has 21 heavy (non-hydrogen) atoms. The number of thioether (sulfide) groups is 1. The van der Waals surface area contributed by atoms with E-state index in [0.29, 0.717) is 16.7 Å². The summed E-state index contributed by atoms with van der Waals surface area (Å²) in [7, 11) is 0. The van der Waals surface area contributed by atoms with Crippen molar-refractivity contribution in [2.75, 3.05) is 11.9 Å². The monoisotopic (exact) mass is 305 g/mol. The molecule has 0 unspecified atom stereocenters. The molecule has 0 bridgehead atoms. The van der Waals surface area contributed by atoms with Gasteiger partial charge in [-0.3, -0.25) is 0 Å². The second-order valence-corrected chi connectivity index (χ2v) is 6.02. The largest absolute Gasteiger partial charge is 0.354 e. The molecule has 1 aromatic heterocycles. The Balaban J connectivity index is 2.08. The van der Waals surface area contributed by atoms with E-state index in [-0.39, 0.29) is 5.82 Å². The molecule has 2 aromatic rings. The van der Waals surface area contributed by atoms with Crippen molar-refractivity contribution < 1.29 is 4.39 Å². The van der Waals surface area contributed by atoms with E-state index in [4.69, 9.17) is 0 Å². The average Bonchev–Trinajstić information content (AvgIpc) is 2.44. The maximum atomic E-state index is 13.8. The number of benzene rings is 1. The standard InChI is InChI=1S/C16H20FN3S/c1-4-5-18-16-19-9-14(17)15(20-16)21-10-13-7-11(2)6-12(3)8-13/h6-9H,4-5,10H2,1-3H3,(H,18,19,20). The van der Waals surface area contributed by atoms with Gasteiger partial charge < -0.3 is 5.32 Å². The fourth-order valence-electron chi connectivity index (χ4n) is 2.08. The van der Waals surface area contributed by atoms with Gasteiger partial charge in [0.2, 0.25) is 5.95 Å². The zero-order valence-electron chi connectivity index (χ0n) is 12.6. The minimum absolute atomic E-state index is 0.369. The third-order valence-electron chi connectivity index (χ3n) is 2.90. The number of nitrogens with one attached hydrogen (secondary N) is 1. The number of nitrogens with zero attached hydrogens (tertiary/aromatic N) is 2. The molecule has 3 nitrogen and oxygen atoms in total. The van der Waals surface area contributed by atoms with Gasteiger partial charge in [0.15, 0.2) is 5.82 Å². The van der Waals surface area contributed by atoms with Crippen molar-refractivity contribution in [3.05, 3.63) is 46.9 Å².